The number of piperidine rings is 1. The third-order valence-corrected chi connectivity index (χ3v) is 7.07. The fraction of sp³-hybridized carbons (Fsp3) is 0.500. The molecule has 4 rings (SSSR count). The number of aryl methyl sites for hydroxylation is 1. The molecule has 1 aliphatic carbocycles. The Kier molecular flexibility index (Phi) is 5.30. The Balaban J connectivity index is 1.41. The number of fused-ring (bicyclic) bond motifs is 1. The molecule has 1 saturated heterocycles. The lowest BCUT2D eigenvalue weighted by molar-refractivity contribution is 0.103. The summed E-state index contributed by atoms with van der Waals surface area (Å²) in [7, 11) is 0. The third kappa shape index (κ3) is 3.80. The summed E-state index contributed by atoms with van der Waals surface area (Å²) in [5.74, 6) is 0.818. The van der Waals surface area contributed by atoms with Crippen molar-refractivity contribution in [3.63, 3.8) is 0 Å². The van der Waals surface area contributed by atoms with Crippen LogP contribution >= 0.6 is 11.3 Å². The number of thiophene rings is 1. The van der Waals surface area contributed by atoms with Crippen molar-refractivity contribution in [3.8, 4) is 0 Å². The van der Waals surface area contributed by atoms with E-state index >= 15 is 0 Å². The molecule has 0 saturated carbocycles. The lowest BCUT2D eigenvalue weighted by Gasteiger charge is -2.28. The van der Waals surface area contributed by atoms with E-state index in [0.29, 0.717) is 0 Å². The highest BCUT2D eigenvalue weighted by Crippen LogP contribution is 2.34. The van der Waals surface area contributed by atoms with E-state index in [4.69, 9.17) is 0 Å². The Bertz CT molecular complexity index is 759. The van der Waals surface area contributed by atoms with Crippen molar-refractivity contribution in [2.24, 2.45) is 5.92 Å². The maximum absolute atomic E-state index is 12.7. The van der Waals surface area contributed by atoms with Gasteiger partial charge in [-0.3, -0.25) is 4.79 Å². The fourth-order valence-electron chi connectivity index (χ4n) is 4.16. The smallest absolute Gasteiger partial charge is 0.265 e. The number of benzene rings is 1. The molecule has 0 radical (unpaired) electrons. The standard InChI is InChI=1S/C22H28N2OS/c1-2-16-6-11-20-17(14-16)15-21(26-20)22(25)23-18-7-9-19(10-8-18)24-12-4-3-5-13-24/h7-10,15-16H,2-6,11-14H2,1H3,(H,23,25)/t16-/m0/s1. The average molecular weight is 369 g/mol. The van der Waals surface area contributed by atoms with Crippen molar-refractivity contribution < 1.29 is 4.79 Å². The maximum atomic E-state index is 12.7. The quantitative estimate of drug-likeness (QED) is 0.772. The van der Waals surface area contributed by atoms with Gasteiger partial charge in [-0.15, -0.1) is 11.3 Å². The van der Waals surface area contributed by atoms with Gasteiger partial charge in [-0.05, 0) is 80.3 Å². The van der Waals surface area contributed by atoms with Gasteiger partial charge in [0, 0.05) is 29.3 Å². The monoisotopic (exact) mass is 368 g/mol. The van der Waals surface area contributed by atoms with Gasteiger partial charge in [-0.1, -0.05) is 13.3 Å². The van der Waals surface area contributed by atoms with Crippen molar-refractivity contribution in [2.45, 2.75) is 51.9 Å². The topological polar surface area (TPSA) is 32.3 Å². The van der Waals surface area contributed by atoms with E-state index in [1.54, 1.807) is 11.3 Å². The lowest BCUT2D eigenvalue weighted by atomic mass is 9.87. The van der Waals surface area contributed by atoms with Gasteiger partial charge in [0.2, 0.25) is 0 Å². The van der Waals surface area contributed by atoms with Crippen molar-refractivity contribution in [2.75, 3.05) is 23.3 Å². The van der Waals surface area contributed by atoms with Gasteiger partial charge in [0.1, 0.15) is 0 Å². The summed E-state index contributed by atoms with van der Waals surface area (Å²) < 4.78 is 0. The number of rotatable bonds is 4. The highest BCUT2D eigenvalue weighted by atomic mass is 32.1. The summed E-state index contributed by atoms with van der Waals surface area (Å²) in [5, 5.41) is 3.08. The number of amides is 1. The molecule has 1 atom stereocenters. The van der Waals surface area contributed by atoms with Crippen LogP contribution in [0.1, 0.15) is 59.1 Å². The number of carbonyl (C=O) groups is 1. The Morgan fingerprint density at radius 3 is 2.69 bits per heavy atom. The van der Waals surface area contributed by atoms with E-state index < -0.39 is 0 Å². The van der Waals surface area contributed by atoms with E-state index in [1.165, 1.54) is 48.2 Å². The van der Waals surface area contributed by atoms with E-state index in [-0.39, 0.29) is 5.91 Å². The molecule has 3 nitrogen and oxygen atoms in total. The number of hydrogen-bond acceptors (Lipinski definition) is 3. The van der Waals surface area contributed by atoms with E-state index in [1.807, 2.05) is 12.1 Å². The van der Waals surface area contributed by atoms with Crippen LogP contribution in [-0.2, 0) is 12.8 Å². The van der Waals surface area contributed by atoms with Crippen LogP contribution < -0.4 is 10.2 Å². The fourth-order valence-corrected chi connectivity index (χ4v) is 5.26. The summed E-state index contributed by atoms with van der Waals surface area (Å²) in [6.07, 6.45) is 8.68. The molecule has 1 fully saturated rings. The summed E-state index contributed by atoms with van der Waals surface area (Å²) in [4.78, 5) is 17.4. The molecule has 2 heterocycles. The second kappa shape index (κ2) is 7.83. The molecule has 138 valence electrons. The van der Waals surface area contributed by atoms with Crippen LogP contribution in [0.25, 0.3) is 0 Å². The highest BCUT2D eigenvalue weighted by molar-refractivity contribution is 7.14. The molecule has 0 bridgehead atoms. The van der Waals surface area contributed by atoms with Crippen LogP contribution in [0.3, 0.4) is 0 Å². The van der Waals surface area contributed by atoms with Crippen LogP contribution in [-0.4, -0.2) is 19.0 Å². The second-order valence-electron chi connectivity index (χ2n) is 7.62. The first-order valence-electron chi connectivity index (χ1n) is 10.0. The van der Waals surface area contributed by atoms with Crippen LogP contribution in [0.15, 0.2) is 30.3 Å². The summed E-state index contributed by atoms with van der Waals surface area (Å²) >= 11 is 1.68. The van der Waals surface area contributed by atoms with E-state index in [9.17, 15) is 4.79 Å². The van der Waals surface area contributed by atoms with Crippen molar-refractivity contribution in [3.05, 3.63) is 45.6 Å². The molecule has 1 aromatic carbocycles. The van der Waals surface area contributed by atoms with Gasteiger partial charge in [0.15, 0.2) is 0 Å². The van der Waals surface area contributed by atoms with Crippen molar-refractivity contribution in [1.82, 2.24) is 0 Å². The van der Waals surface area contributed by atoms with Gasteiger partial charge in [0.05, 0.1) is 4.88 Å². The average Bonchev–Trinajstić information content (AvgIpc) is 3.12. The van der Waals surface area contributed by atoms with Gasteiger partial charge in [0.25, 0.3) is 5.91 Å². The first kappa shape index (κ1) is 17.6. The minimum atomic E-state index is 0.0307. The molecule has 26 heavy (non-hydrogen) atoms. The SMILES string of the molecule is CC[C@H]1CCc2sc(C(=O)Nc3ccc(N4CCCCC4)cc3)cc2C1. The second-order valence-corrected chi connectivity index (χ2v) is 8.76. The molecule has 0 unspecified atom stereocenters. The minimum Gasteiger partial charge on any atom is -0.372 e. The molecule has 4 heteroatoms. The van der Waals surface area contributed by atoms with Crippen molar-refractivity contribution in [1.29, 1.82) is 0 Å². The van der Waals surface area contributed by atoms with Gasteiger partial charge < -0.3 is 10.2 Å². The lowest BCUT2D eigenvalue weighted by Crippen LogP contribution is -2.29. The summed E-state index contributed by atoms with van der Waals surface area (Å²) in [5.41, 5.74) is 3.55. The minimum absolute atomic E-state index is 0.0307. The molecule has 1 N–H and O–H groups in total. The number of nitrogens with one attached hydrogen (secondary N) is 1. The van der Waals surface area contributed by atoms with Crippen LogP contribution in [0.5, 0.6) is 0 Å². The number of nitrogens with zero attached hydrogens (tertiary/aromatic N) is 1. The van der Waals surface area contributed by atoms with Crippen LogP contribution in [0.2, 0.25) is 0 Å². The molecule has 0 spiro atoms. The molecule has 1 amide bonds. The van der Waals surface area contributed by atoms with Crippen molar-refractivity contribution >= 4 is 28.6 Å². The Hall–Kier alpha value is -1.81. The number of anilines is 2. The number of hydrogen-bond donors (Lipinski definition) is 1. The zero-order valence-electron chi connectivity index (χ0n) is 15.6. The Morgan fingerprint density at radius 1 is 1.19 bits per heavy atom. The molecule has 1 aromatic heterocycles. The Labute approximate surface area is 160 Å². The molecule has 1 aliphatic heterocycles. The van der Waals surface area contributed by atoms with E-state index in [0.717, 1.165) is 42.4 Å². The molecular weight excluding hydrogens is 340 g/mol. The first-order valence-corrected chi connectivity index (χ1v) is 10.8. The zero-order valence-corrected chi connectivity index (χ0v) is 16.4. The van der Waals surface area contributed by atoms with Gasteiger partial charge >= 0.3 is 0 Å². The summed E-state index contributed by atoms with van der Waals surface area (Å²) in [6.45, 7) is 4.56. The maximum Gasteiger partial charge on any atom is 0.265 e. The molecule has 2 aromatic rings. The first-order chi connectivity index (χ1) is 12.7. The van der Waals surface area contributed by atoms with E-state index in [2.05, 4.69) is 35.3 Å². The normalized spacial score (nSPS) is 19.9. The Morgan fingerprint density at radius 2 is 1.96 bits per heavy atom. The third-order valence-electron chi connectivity index (χ3n) is 5.83. The zero-order chi connectivity index (χ0) is 17.9. The molecular formula is C22H28N2OS. The van der Waals surface area contributed by atoms with Crippen LogP contribution in [0, 0.1) is 5.92 Å². The highest BCUT2D eigenvalue weighted by Gasteiger charge is 2.22. The predicted octanol–water partition coefficient (Wildman–Crippen LogP) is 5.51. The van der Waals surface area contributed by atoms with Gasteiger partial charge in [-0.2, -0.15) is 0 Å². The van der Waals surface area contributed by atoms with Crippen LogP contribution in [0.4, 0.5) is 11.4 Å². The van der Waals surface area contributed by atoms with Gasteiger partial charge in [-0.25, -0.2) is 0 Å². The number of carbonyl (C=O) groups excluding carboxylic acids is 1. The molecule has 2 aliphatic rings. The predicted molar refractivity (Wildman–Crippen MR) is 111 cm³/mol. The largest absolute Gasteiger partial charge is 0.372 e. The summed E-state index contributed by atoms with van der Waals surface area (Å²) in [6, 6.07) is 10.4.